The first-order valence-electron chi connectivity index (χ1n) is 21.1. The number of unbranched alkanes of at least 4 members (excludes halogenated alkanes) is 12. The van der Waals surface area contributed by atoms with Gasteiger partial charge in [-0.2, -0.15) is 0 Å². The number of carbonyl (C=O) groups excluding carboxylic acids is 2. The third-order valence-electron chi connectivity index (χ3n) is 8.43. The smallest absolute Gasteiger partial charge is 0.306 e. The Morgan fingerprint density at radius 3 is 1.52 bits per heavy atom. The molecular weight excluding hydrogens is 645 g/mol. The van der Waals surface area contributed by atoms with Crippen molar-refractivity contribution < 1.29 is 23.8 Å². The van der Waals surface area contributed by atoms with Gasteiger partial charge in [-0.15, -0.1) is 0 Å². The van der Waals surface area contributed by atoms with E-state index in [0.717, 1.165) is 77.0 Å². The molecule has 0 aliphatic heterocycles. The summed E-state index contributed by atoms with van der Waals surface area (Å²) >= 11 is 0. The lowest BCUT2D eigenvalue weighted by molar-refractivity contribution is -0.162. The van der Waals surface area contributed by atoms with Crippen molar-refractivity contribution in [3.63, 3.8) is 0 Å². The van der Waals surface area contributed by atoms with Gasteiger partial charge in [0.2, 0.25) is 0 Å². The Balaban J connectivity index is 4.28. The molecule has 5 nitrogen and oxygen atoms in total. The molecule has 5 heteroatoms. The van der Waals surface area contributed by atoms with Crippen LogP contribution in [-0.2, 0) is 23.8 Å². The van der Waals surface area contributed by atoms with Crippen molar-refractivity contribution in [2.45, 2.75) is 181 Å². The van der Waals surface area contributed by atoms with E-state index < -0.39 is 6.10 Å². The van der Waals surface area contributed by atoms with Gasteiger partial charge in [-0.25, -0.2) is 0 Å². The predicted molar refractivity (Wildman–Crippen MR) is 223 cm³/mol. The van der Waals surface area contributed by atoms with Gasteiger partial charge in [-0.1, -0.05) is 170 Å². The van der Waals surface area contributed by atoms with Crippen molar-refractivity contribution in [3.05, 3.63) is 85.1 Å². The molecule has 0 aliphatic rings. The van der Waals surface area contributed by atoms with E-state index in [0.29, 0.717) is 25.9 Å². The molecule has 1 unspecified atom stereocenters. The summed E-state index contributed by atoms with van der Waals surface area (Å²) in [6, 6.07) is 0. The predicted octanol–water partition coefficient (Wildman–Crippen LogP) is 13.8. The van der Waals surface area contributed by atoms with Crippen LogP contribution in [0, 0.1) is 0 Å². The Morgan fingerprint density at radius 2 is 0.923 bits per heavy atom. The van der Waals surface area contributed by atoms with Gasteiger partial charge >= 0.3 is 11.9 Å². The van der Waals surface area contributed by atoms with Crippen LogP contribution < -0.4 is 0 Å². The summed E-state index contributed by atoms with van der Waals surface area (Å²) in [6.45, 7) is 7.52. The lowest BCUT2D eigenvalue weighted by atomic mass is 10.1. The molecule has 1 atom stereocenters. The van der Waals surface area contributed by atoms with Crippen molar-refractivity contribution in [2.24, 2.45) is 0 Å². The first kappa shape index (κ1) is 49.1. The van der Waals surface area contributed by atoms with Gasteiger partial charge in [0.05, 0.1) is 6.61 Å². The summed E-state index contributed by atoms with van der Waals surface area (Å²) in [5.74, 6) is -0.516. The monoisotopic (exact) mass is 723 g/mol. The molecule has 0 N–H and O–H groups in total. The second-order valence-corrected chi connectivity index (χ2v) is 13.5. The van der Waals surface area contributed by atoms with Crippen LogP contribution in [0.1, 0.15) is 175 Å². The molecule has 0 aliphatic carbocycles. The van der Waals surface area contributed by atoms with Crippen LogP contribution in [0.25, 0.3) is 0 Å². The maximum absolute atomic E-state index is 12.6. The SMILES string of the molecule is CC/C=C\C/C=C\C/C=C\C/C=C\C/C=C\C/C=C\CCC(=O)OCC(COCCCCCCCC)OC(=O)CCCCCCC/C=C\CCCC. The number of hydrogen-bond acceptors (Lipinski definition) is 5. The minimum Gasteiger partial charge on any atom is -0.462 e. The zero-order valence-corrected chi connectivity index (χ0v) is 33.8. The van der Waals surface area contributed by atoms with Gasteiger partial charge in [-0.3, -0.25) is 9.59 Å². The zero-order chi connectivity index (χ0) is 37.8. The molecule has 0 aromatic rings. The quantitative estimate of drug-likeness (QED) is 0.0363. The van der Waals surface area contributed by atoms with Crippen LogP contribution >= 0.6 is 0 Å². The number of carbonyl (C=O) groups is 2. The molecule has 0 saturated heterocycles. The molecule has 0 spiro atoms. The van der Waals surface area contributed by atoms with Crippen molar-refractivity contribution in [3.8, 4) is 0 Å². The maximum Gasteiger partial charge on any atom is 0.306 e. The average molecular weight is 723 g/mol. The van der Waals surface area contributed by atoms with Gasteiger partial charge in [0, 0.05) is 19.4 Å². The van der Waals surface area contributed by atoms with E-state index in [1.54, 1.807) is 0 Å². The summed E-state index contributed by atoms with van der Waals surface area (Å²) in [6.07, 6.45) is 54.6. The zero-order valence-electron chi connectivity index (χ0n) is 33.8. The van der Waals surface area contributed by atoms with E-state index in [-0.39, 0.29) is 25.2 Å². The molecule has 0 aromatic carbocycles. The molecule has 0 amide bonds. The molecule has 0 aromatic heterocycles. The van der Waals surface area contributed by atoms with Crippen LogP contribution in [0.15, 0.2) is 85.1 Å². The Hall–Kier alpha value is -2.92. The van der Waals surface area contributed by atoms with Gasteiger partial charge in [-0.05, 0) is 77.0 Å². The fourth-order valence-electron chi connectivity index (χ4n) is 5.28. The average Bonchev–Trinajstić information content (AvgIpc) is 3.14. The van der Waals surface area contributed by atoms with Crippen LogP contribution in [0.4, 0.5) is 0 Å². The summed E-state index contributed by atoms with van der Waals surface area (Å²) in [4.78, 5) is 25.0. The van der Waals surface area contributed by atoms with E-state index in [1.807, 2.05) is 6.08 Å². The highest BCUT2D eigenvalue weighted by atomic mass is 16.6. The normalized spacial score (nSPS) is 13.1. The fourth-order valence-corrected chi connectivity index (χ4v) is 5.28. The Kier molecular flexibility index (Phi) is 40.1. The van der Waals surface area contributed by atoms with E-state index in [9.17, 15) is 9.59 Å². The molecule has 296 valence electrons. The summed E-state index contributed by atoms with van der Waals surface area (Å²) < 4.78 is 17.1. The third kappa shape index (κ3) is 39.9. The Morgan fingerprint density at radius 1 is 0.442 bits per heavy atom. The van der Waals surface area contributed by atoms with Crippen molar-refractivity contribution in [1.82, 2.24) is 0 Å². The highest BCUT2D eigenvalue weighted by molar-refractivity contribution is 5.70. The highest BCUT2D eigenvalue weighted by Gasteiger charge is 2.17. The lowest BCUT2D eigenvalue weighted by Gasteiger charge is -2.18. The summed E-state index contributed by atoms with van der Waals surface area (Å²) in [5, 5.41) is 0. The molecule has 0 radical (unpaired) electrons. The number of rotatable bonds is 37. The lowest BCUT2D eigenvalue weighted by Crippen LogP contribution is -2.30. The molecular formula is C47H78O5. The van der Waals surface area contributed by atoms with Crippen LogP contribution in [0.3, 0.4) is 0 Å². The number of hydrogen-bond donors (Lipinski definition) is 0. The third-order valence-corrected chi connectivity index (χ3v) is 8.43. The molecule has 0 heterocycles. The van der Waals surface area contributed by atoms with E-state index >= 15 is 0 Å². The topological polar surface area (TPSA) is 61.8 Å². The van der Waals surface area contributed by atoms with Gasteiger partial charge in [0.1, 0.15) is 6.61 Å². The standard InChI is InChI=1S/C47H78O5/c1-4-7-10-13-16-18-20-21-22-23-24-25-26-27-29-30-32-34-37-40-46(48)51-44-45(43-50-42-39-36-15-12-9-6-3)52-47(49)41-38-35-33-31-28-19-17-14-11-8-5-2/h7,10,14,16-18,21-22,24-25,27,29,32,34,45H,4-6,8-9,11-13,15,19-20,23,26,28,30-31,33,35-44H2,1-3H3/b10-7-,17-14-,18-16-,22-21-,25-24-,29-27-,34-32-. The minimum absolute atomic E-state index is 0.0383. The Labute approximate surface area is 320 Å². The second kappa shape index (κ2) is 42.5. The van der Waals surface area contributed by atoms with Crippen LogP contribution in [0.5, 0.6) is 0 Å². The van der Waals surface area contributed by atoms with Crippen LogP contribution in [0.2, 0.25) is 0 Å². The van der Waals surface area contributed by atoms with E-state index in [2.05, 4.69) is 99.8 Å². The van der Waals surface area contributed by atoms with Gasteiger partial charge in [0.15, 0.2) is 6.10 Å². The molecule has 52 heavy (non-hydrogen) atoms. The van der Waals surface area contributed by atoms with Crippen molar-refractivity contribution >= 4 is 11.9 Å². The molecule has 0 fully saturated rings. The molecule has 0 bridgehead atoms. The highest BCUT2D eigenvalue weighted by Crippen LogP contribution is 2.11. The van der Waals surface area contributed by atoms with E-state index in [1.165, 1.54) is 57.8 Å². The second-order valence-electron chi connectivity index (χ2n) is 13.5. The minimum atomic E-state index is -0.568. The van der Waals surface area contributed by atoms with Crippen molar-refractivity contribution in [2.75, 3.05) is 19.8 Å². The maximum atomic E-state index is 12.6. The number of esters is 2. The van der Waals surface area contributed by atoms with Gasteiger partial charge < -0.3 is 14.2 Å². The molecule has 0 rings (SSSR count). The largest absolute Gasteiger partial charge is 0.462 e. The number of ether oxygens (including phenoxy) is 3. The van der Waals surface area contributed by atoms with Crippen LogP contribution in [-0.4, -0.2) is 37.9 Å². The van der Waals surface area contributed by atoms with Gasteiger partial charge in [0.25, 0.3) is 0 Å². The van der Waals surface area contributed by atoms with E-state index in [4.69, 9.17) is 14.2 Å². The molecule has 0 saturated carbocycles. The summed E-state index contributed by atoms with van der Waals surface area (Å²) in [5.41, 5.74) is 0. The first-order chi connectivity index (χ1) is 25.6. The van der Waals surface area contributed by atoms with Crippen molar-refractivity contribution in [1.29, 1.82) is 0 Å². The number of allylic oxidation sites excluding steroid dienone is 14. The Bertz CT molecular complexity index is 999. The first-order valence-corrected chi connectivity index (χ1v) is 21.1. The summed E-state index contributed by atoms with van der Waals surface area (Å²) in [7, 11) is 0. The fraction of sp³-hybridized carbons (Fsp3) is 0.660.